The highest BCUT2D eigenvalue weighted by atomic mass is 16.6. The van der Waals surface area contributed by atoms with Crippen LogP contribution < -0.4 is 5.32 Å². The van der Waals surface area contributed by atoms with Crippen LogP contribution in [-0.2, 0) is 11.3 Å². The first-order valence-electron chi connectivity index (χ1n) is 7.46. The van der Waals surface area contributed by atoms with Crippen molar-refractivity contribution < 1.29 is 14.1 Å². The zero-order valence-electron chi connectivity index (χ0n) is 14.1. The molecule has 0 saturated heterocycles. The number of nitro groups is 1. The zero-order valence-corrected chi connectivity index (χ0v) is 14.1. The molecule has 0 spiro atoms. The van der Waals surface area contributed by atoms with Crippen LogP contribution >= 0.6 is 0 Å². The van der Waals surface area contributed by atoms with Gasteiger partial charge in [-0.05, 0) is 40.1 Å². The standard InChI is InChI=1S/C15H21N5O4/c1-10-15(20(22)23)11(2)19(17-10)9-14(21)16-8-12(18(3)4)13-6-5-7-24-13/h5-7,12H,8-9H2,1-4H3,(H,16,21). The van der Waals surface area contributed by atoms with E-state index >= 15 is 0 Å². The molecule has 0 aliphatic carbocycles. The van der Waals surface area contributed by atoms with Crippen molar-refractivity contribution in [1.29, 1.82) is 0 Å². The summed E-state index contributed by atoms with van der Waals surface area (Å²) in [4.78, 5) is 24.6. The fourth-order valence-electron chi connectivity index (χ4n) is 2.53. The summed E-state index contributed by atoms with van der Waals surface area (Å²) in [5, 5.41) is 17.9. The number of aromatic nitrogens is 2. The van der Waals surface area contributed by atoms with E-state index in [1.165, 1.54) is 4.68 Å². The van der Waals surface area contributed by atoms with Crippen LogP contribution in [0.3, 0.4) is 0 Å². The maximum Gasteiger partial charge on any atom is 0.312 e. The van der Waals surface area contributed by atoms with Gasteiger partial charge in [0.2, 0.25) is 5.91 Å². The van der Waals surface area contributed by atoms with Gasteiger partial charge < -0.3 is 9.73 Å². The van der Waals surface area contributed by atoms with Crippen molar-refractivity contribution in [3.63, 3.8) is 0 Å². The summed E-state index contributed by atoms with van der Waals surface area (Å²) in [7, 11) is 3.79. The number of furan rings is 1. The molecule has 9 nitrogen and oxygen atoms in total. The molecule has 1 N–H and O–H groups in total. The van der Waals surface area contributed by atoms with Gasteiger partial charge >= 0.3 is 5.69 Å². The Hall–Kier alpha value is -2.68. The molecule has 24 heavy (non-hydrogen) atoms. The van der Waals surface area contributed by atoms with Crippen molar-refractivity contribution in [3.8, 4) is 0 Å². The maximum absolute atomic E-state index is 12.2. The lowest BCUT2D eigenvalue weighted by Crippen LogP contribution is -2.36. The number of nitrogens with zero attached hydrogens (tertiary/aromatic N) is 4. The van der Waals surface area contributed by atoms with Gasteiger partial charge in [-0.25, -0.2) is 0 Å². The van der Waals surface area contributed by atoms with E-state index in [-0.39, 0.29) is 24.2 Å². The molecule has 2 aromatic heterocycles. The Bertz CT molecular complexity index is 721. The van der Waals surface area contributed by atoms with E-state index in [0.29, 0.717) is 17.9 Å². The normalized spacial score (nSPS) is 12.4. The summed E-state index contributed by atoms with van der Waals surface area (Å²) in [6.07, 6.45) is 1.59. The number of carbonyl (C=O) groups is 1. The van der Waals surface area contributed by atoms with Crippen LogP contribution in [0.25, 0.3) is 0 Å². The van der Waals surface area contributed by atoms with Crippen molar-refractivity contribution in [2.75, 3.05) is 20.6 Å². The van der Waals surface area contributed by atoms with Gasteiger partial charge in [-0.3, -0.25) is 24.5 Å². The van der Waals surface area contributed by atoms with Gasteiger partial charge in [0.05, 0.1) is 17.2 Å². The topological polar surface area (TPSA) is 106 Å². The predicted octanol–water partition coefficient (Wildman–Crippen LogP) is 1.42. The summed E-state index contributed by atoms with van der Waals surface area (Å²) in [6.45, 7) is 3.43. The summed E-state index contributed by atoms with van der Waals surface area (Å²) >= 11 is 0. The lowest BCUT2D eigenvalue weighted by atomic mass is 10.2. The van der Waals surface area contributed by atoms with E-state index in [2.05, 4.69) is 10.4 Å². The van der Waals surface area contributed by atoms with E-state index in [4.69, 9.17) is 4.42 Å². The first kappa shape index (κ1) is 17.7. The summed E-state index contributed by atoms with van der Waals surface area (Å²) < 4.78 is 6.73. The molecule has 130 valence electrons. The van der Waals surface area contributed by atoms with E-state index in [9.17, 15) is 14.9 Å². The average molecular weight is 335 g/mol. The highest BCUT2D eigenvalue weighted by Gasteiger charge is 2.23. The van der Waals surface area contributed by atoms with Gasteiger partial charge in [-0.1, -0.05) is 0 Å². The smallest absolute Gasteiger partial charge is 0.312 e. The molecular weight excluding hydrogens is 314 g/mol. The third kappa shape index (κ3) is 3.80. The fourth-order valence-corrected chi connectivity index (χ4v) is 2.53. The molecule has 0 saturated carbocycles. The van der Waals surface area contributed by atoms with Gasteiger partial charge in [-0.2, -0.15) is 5.10 Å². The molecule has 0 bridgehead atoms. The van der Waals surface area contributed by atoms with E-state index in [1.54, 1.807) is 26.2 Å². The monoisotopic (exact) mass is 335 g/mol. The number of hydrogen-bond acceptors (Lipinski definition) is 6. The lowest BCUT2D eigenvalue weighted by molar-refractivity contribution is -0.386. The van der Waals surface area contributed by atoms with Crippen LogP contribution in [0.2, 0.25) is 0 Å². The molecule has 9 heteroatoms. The molecular formula is C15H21N5O4. The molecule has 0 aliphatic rings. The summed E-state index contributed by atoms with van der Waals surface area (Å²) in [5.41, 5.74) is 0.611. The Morgan fingerprint density at radius 1 is 1.50 bits per heavy atom. The number of carbonyl (C=O) groups excluding carboxylic acids is 1. The molecule has 0 fully saturated rings. The molecule has 2 rings (SSSR count). The Morgan fingerprint density at radius 2 is 2.21 bits per heavy atom. The van der Waals surface area contributed by atoms with E-state index in [1.807, 2.05) is 25.1 Å². The Labute approximate surface area is 139 Å². The zero-order chi connectivity index (χ0) is 17.9. The Morgan fingerprint density at radius 3 is 2.71 bits per heavy atom. The van der Waals surface area contributed by atoms with Crippen LogP contribution in [0.15, 0.2) is 22.8 Å². The largest absolute Gasteiger partial charge is 0.468 e. The molecule has 1 atom stereocenters. The average Bonchev–Trinajstić information content (AvgIpc) is 3.08. The first-order valence-corrected chi connectivity index (χ1v) is 7.46. The number of aryl methyl sites for hydroxylation is 1. The van der Waals surface area contributed by atoms with Crippen molar-refractivity contribution in [3.05, 3.63) is 45.7 Å². The van der Waals surface area contributed by atoms with Crippen LogP contribution in [-0.4, -0.2) is 46.2 Å². The second-order valence-corrected chi connectivity index (χ2v) is 5.73. The van der Waals surface area contributed by atoms with E-state index in [0.717, 1.165) is 5.76 Å². The summed E-state index contributed by atoms with van der Waals surface area (Å²) in [5.74, 6) is 0.482. The van der Waals surface area contributed by atoms with Gasteiger partial charge in [0.15, 0.2) is 0 Å². The predicted molar refractivity (Wildman–Crippen MR) is 86.5 cm³/mol. The lowest BCUT2D eigenvalue weighted by Gasteiger charge is -2.22. The molecule has 0 aliphatic heterocycles. The van der Waals surface area contributed by atoms with Crippen molar-refractivity contribution in [2.45, 2.75) is 26.4 Å². The quantitative estimate of drug-likeness (QED) is 0.606. The van der Waals surface area contributed by atoms with Crippen LogP contribution in [0.5, 0.6) is 0 Å². The molecule has 1 unspecified atom stereocenters. The van der Waals surface area contributed by atoms with Gasteiger partial charge in [0.25, 0.3) is 0 Å². The third-order valence-electron chi connectivity index (χ3n) is 3.81. The minimum absolute atomic E-state index is 0.0513. The number of rotatable bonds is 7. The van der Waals surface area contributed by atoms with Crippen molar-refractivity contribution in [2.24, 2.45) is 0 Å². The molecule has 0 radical (unpaired) electrons. The second-order valence-electron chi connectivity index (χ2n) is 5.73. The van der Waals surface area contributed by atoms with Crippen LogP contribution in [0.1, 0.15) is 23.2 Å². The number of hydrogen-bond donors (Lipinski definition) is 1. The molecule has 2 aromatic rings. The van der Waals surface area contributed by atoms with Gasteiger partial charge in [-0.15, -0.1) is 0 Å². The van der Waals surface area contributed by atoms with E-state index < -0.39 is 4.92 Å². The Kier molecular flexibility index (Phi) is 5.35. The minimum Gasteiger partial charge on any atom is -0.468 e. The second kappa shape index (κ2) is 7.26. The number of likely N-dealkylation sites (N-methyl/N-ethyl adjacent to an activating group) is 1. The highest BCUT2D eigenvalue weighted by molar-refractivity contribution is 5.75. The SMILES string of the molecule is Cc1nn(CC(=O)NCC(c2ccco2)N(C)C)c(C)c1[N+](=O)[O-]. The third-order valence-corrected chi connectivity index (χ3v) is 3.81. The van der Waals surface area contributed by atoms with Crippen LogP contribution in [0, 0.1) is 24.0 Å². The number of nitrogens with one attached hydrogen (secondary N) is 1. The van der Waals surface area contributed by atoms with Gasteiger partial charge in [0, 0.05) is 6.54 Å². The molecule has 0 aromatic carbocycles. The van der Waals surface area contributed by atoms with Crippen molar-refractivity contribution in [1.82, 2.24) is 20.0 Å². The maximum atomic E-state index is 12.2. The Balaban J connectivity index is 2.01. The molecule has 1 amide bonds. The highest BCUT2D eigenvalue weighted by Crippen LogP contribution is 2.21. The van der Waals surface area contributed by atoms with Crippen molar-refractivity contribution >= 4 is 11.6 Å². The molecule has 2 heterocycles. The van der Waals surface area contributed by atoms with Crippen LogP contribution in [0.4, 0.5) is 5.69 Å². The fraction of sp³-hybridized carbons (Fsp3) is 0.467. The first-order chi connectivity index (χ1) is 11.3. The van der Waals surface area contributed by atoms with Gasteiger partial charge in [0.1, 0.15) is 23.7 Å². The summed E-state index contributed by atoms with van der Waals surface area (Å²) in [6, 6.07) is 3.54. The number of amides is 1. The minimum atomic E-state index is -0.481.